The molecule has 0 unspecified atom stereocenters. The summed E-state index contributed by atoms with van der Waals surface area (Å²) in [5, 5.41) is 8.28. The van der Waals surface area contributed by atoms with Gasteiger partial charge < -0.3 is 15.0 Å². The Balaban J connectivity index is 1.99. The van der Waals surface area contributed by atoms with E-state index in [0.29, 0.717) is 11.7 Å². The largest absolute Gasteiger partial charge is 0.495 e. The number of nitrogens with one attached hydrogen (secondary N) is 1. The van der Waals surface area contributed by atoms with Gasteiger partial charge in [0.15, 0.2) is 5.11 Å². The second-order valence-corrected chi connectivity index (χ2v) is 5.04. The van der Waals surface area contributed by atoms with Crippen molar-refractivity contribution in [1.29, 1.82) is 0 Å². The van der Waals surface area contributed by atoms with Gasteiger partial charge in [-0.2, -0.15) is 5.10 Å². The van der Waals surface area contributed by atoms with Crippen molar-refractivity contribution in [2.24, 2.45) is 0 Å². The van der Waals surface area contributed by atoms with Gasteiger partial charge in [0, 0.05) is 19.8 Å². The average molecular weight is 304 g/mol. The van der Waals surface area contributed by atoms with Crippen molar-refractivity contribution in [2.75, 3.05) is 19.5 Å². The van der Waals surface area contributed by atoms with E-state index in [0.717, 1.165) is 23.7 Å². The summed E-state index contributed by atoms with van der Waals surface area (Å²) in [5.74, 6) is 0.767. The van der Waals surface area contributed by atoms with Crippen molar-refractivity contribution in [2.45, 2.75) is 20.0 Å². The summed E-state index contributed by atoms with van der Waals surface area (Å²) in [7, 11) is 3.58. The van der Waals surface area contributed by atoms with Crippen molar-refractivity contribution in [3.63, 3.8) is 0 Å². The molecule has 0 saturated heterocycles. The van der Waals surface area contributed by atoms with E-state index >= 15 is 0 Å². The molecule has 0 saturated carbocycles. The minimum absolute atomic E-state index is 0.630. The van der Waals surface area contributed by atoms with Crippen LogP contribution in [0, 0.1) is 0 Å². The smallest absolute Gasteiger partial charge is 0.173 e. The maximum absolute atomic E-state index is 5.43. The summed E-state index contributed by atoms with van der Waals surface area (Å²) in [4.78, 5) is 1.95. The van der Waals surface area contributed by atoms with Gasteiger partial charge in [-0.15, -0.1) is 0 Å². The van der Waals surface area contributed by atoms with Crippen molar-refractivity contribution >= 4 is 23.0 Å². The van der Waals surface area contributed by atoms with Crippen LogP contribution in [0.15, 0.2) is 36.5 Å². The summed E-state index contributed by atoms with van der Waals surface area (Å²) >= 11 is 5.43. The maximum Gasteiger partial charge on any atom is 0.173 e. The fourth-order valence-corrected chi connectivity index (χ4v) is 2.11. The molecule has 0 bridgehead atoms. The van der Waals surface area contributed by atoms with Gasteiger partial charge in [-0.25, -0.2) is 0 Å². The van der Waals surface area contributed by atoms with E-state index in [9.17, 15) is 0 Å². The van der Waals surface area contributed by atoms with Crippen molar-refractivity contribution in [3.05, 3.63) is 42.2 Å². The Hall–Kier alpha value is -2.08. The fraction of sp³-hybridized carbons (Fsp3) is 0.333. The Labute approximate surface area is 130 Å². The molecule has 2 aromatic rings. The van der Waals surface area contributed by atoms with Gasteiger partial charge >= 0.3 is 0 Å². The molecule has 0 fully saturated rings. The number of anilines is 1. The van der Waals surface area contributed by atoms with Gasteiger partial charge in [-0.05, 0) is 37.3 Å². The Kier molecular flexibility index (Phi) is 5.16. The molecule has 0 aliphatic rings. The summed E-state index contributed by atoms with van der Waals surface area (Å²) in [5.41, 5.74) is 1.85. The lowest BCUT2D eigenvalue weighted by atomic mass is 10.3. The van der Waals surface area contributed by atoms with E-state index in [2.05, 4.69) is 17.3 Å². The minimum atomic E-state index is 0.630. The molecular formula is C15H20N4OS. The van der Waals surface area contributed by atoms with E-state index in [4.69, 9.17) is 17.0 Å². The number of thiocarbonyl (C=S) groups is 1. The molecular weight excluding hydrogens is 284 g/mol. The number of aryl methyl sites for hydroxylation is 1. The van der Waals surface area contributed by atoms with Crippen LogP contribution in [0.3, 0.4) is 0 Å². The lowest BCUT2D eigenvalue weighted by Crippen LogP contribution is -2.30. The molecule has 112 valence electrons. The minimum Gasteiger partial charge on any atom is -0.495 e. The fourth-order valence-electron chi connectivity index (χ4n) is 1.94. The number of rotatable bonds is 5. The van der Waals surface area contributed by atoms with Crippen LogP contribution in [0.5, 0.6) is 5.75 Å². The number of hydrogen-bond acceptors (Lipinski definition) is 3. The molecule has 0 radical (unpaired) electrons. The zero-order chi connectivity index (χ0) is 15.2. The van der Waals surface area contributed by atoms with Crippen LogP contribution in [-0.4, -0.2) is 34.0 Å². The Bertz CT molecular complexity index is 611. The van der Waals surface area contributed by atoms with Crippen LogP contribution < -0.4 is 10.1 Å². The number of methoxy groups -OCH3 is 1. The van der Waals surface area contributed by atoms with Crippen molar-refractivity contribution in [3.8, 4) is 5.75 Å². The standard InChI is InChI=1S/C15H20N4OS/c1-4-19-10-9-12(17-19)11-18(2)15(21)16-13-7-5-6-8-14(13)20-3/h5-10H,4,11H2,1-3H3,(H,16,21). The number of nitrogens with zero attached hydrogens (tertiary/aromatic N) is 3. The maximum atomic E-state index is 5.43. The molecule has 1 aromatic carbocycles. The molecule has 1 heterocycles. The normalized spacial score (nSPS) is 10.2. The monoisotopic (exact) mass is 304 g/mol. The van der Waals surface area contributed by atoms with Gasteiger partial charge in [0.2, 0.25) is 0 Å². The molecule has 6 heteroatoms. The molecule has 0 aliphatic carbocycles. The molecule has 21 heavy (non-hydrogen) atoms. The highest BCUT2D eigenvalue weighted by Crippen LogP contribution is 2.23. The number of hydrogen-bond donors (Lipinski definition) is 1. The van der Waals surface area contributed by atoms with Crippen LogP contribution in [-0.2, 0) is 13.1 Å². The predicted octanol–water partition coefficient (Wildman–Crippen LogP) is 2.74. The molecule has 1 aromatic heterocycles. The predicted molar refractivity (Wildman–Crippen MR) is 88.6 cm³/mol. The lowest BCUT2D eigenvalue weighted by Gasteiger charge is -2.21. The van der Waals surface area contributed by atoms with Gasteiger partial charge in [0.1, 0.15) is 5.75 Å². The molecule has 5 nitrogen and oxygen atoms in total. The van der Waals surface area contributed by atoms with E-state index in [1.807, 2.05) is 53.2 Å². The number of para-hydroxylation sites is 2. The highest BCUT2D eigenvalue weighted by molar-refractivity contribution is 7.80. The second-order valence-electron chi connectivity index (χ2n) is 4.65. The second kappa shape index (κ2) is 7.08. The van der Waals surface area contributed by atoms with E-state index in [-0.39, 0.29) is 0 Å². The quantitative estimate of drug-likeness (QED) is 0.860. The van der Waals surface area contributed by atoms with Gasteiger partial charge in [0.25, 0.3) is 0 Å². The van der Waals surface area contributed by atoms with E-state index in [1.54, 1.807) is 7.11 Å². The molecule has 1 N–H and O–H groups in total. The third kappa shape index (κ3) is 3.95. The lowest BCUT2D eigenvalue weighted by molar-refractivity contribution is 0.416. The van der Waals surface area contributed by atoms with E-state index in [1.165, 1.54) is 0 Å². The van der Waals surface area contributed by atoms with Crippen molar-refractivity contribution < 1.29 is 4.74 Å². The Morgan fingerprint density at radius 2 is 2.14 bits per heavy atom. The first-order valence-electron chi connectivity index (χ1n) is 6.81. The number of ether oxygens (including phenoxy) is 1. The SMILES string of the molecule is CCn1ccc(CN(C)C(=S)Nc2ccccc2OC)n1. The number of aromatic nitrogens is 2. The van der Waals surface area contributed by atoms with Crippen molar-refractivity contribution in [1.82, 2.24) is 14.7 Å². The molecule has 2 rings (SSSR count). The molecule has 0 spiro atoms. The molecule has 0 amide bonds. The Morgan fingerprint density at radius 3 is 2.81 bits per heavy atom. The highest BCUT2D eigenvalue weighted by Gasteiger charge is 2.09. The highest BCUT2D eigenvalue weighted by atomic mass is 32.1. The topological polar surface area (TPSA) is 42.3 Å². The summed E-state index contributed by atoms with van der Waals surface area (Å²) in [6, 6.07) is 9.70. The molecule has 0 atom stereocenters. The van der Waals surface area contributed by atoms with Crippen LogP contribution in [0.4, 0.5) is 5.69 Å². The van der Waals surface area contributed by atoms with Crippen LogP contribution in [0.1, 0.15) is 12.6 Å². The number of benzene rings is 1. The zero-order valence-corrected chi connectivity index (χ0v) is 13.4. The van der Waals surface area contributed by atoms with Gasteiger partial charge in [-0.1, -0.05) is 12.1 Å². The third-order valence-electron chi connectivity index (χ3n) is 3.11. The van der Waals surface area contributed by atoms with Crippen LogP contribution in [0.25, 0.3) is 0 Å². The van der Waals surface area contributed by atoms with Gasteiger partial charge in [0.05, 0.1) is 25.0 Å². The summed E-state index contributed by atoms with van der Waals surface area (Å²) < 4.78 is 7.21. The van der Waals surface area contributed by atoms with Crippen LogP contribution >= 0.6 is 12.2 Å². The third-order valence-corrected chi connectivity index (χ3v) is 3.53. The summed E-state index contributed by atoms with van der Waals surface area (Å²) in [6.45, 7) is 3.59. The average Bonchev–Trinajstić information content (AvgIpc) is 2.95. The first kappa shape index (κ1) is 15.3. The van der Waals surface area contributed by atoms with Crippen LogP contribution in [0.2, 0.25) is 0 Å². The van der Waals surface area contributed by atoms with E-state index < -0.39 is 0 Å². The first-order valence-corrected chi connectivity index (χ1v) is 7.22. The Morgan fingerprint density at radius 1 is 1.38 bits per heavy atom. The molecule has 0 aliphatic heterocycles. The summed E-state index contributed by atoms with van der Waals surface area (Å²) in [6.07, 6.45) is 1.97. The first-order chi connectivity index (χ1) is 10.1. The van der Waals surface area contributed by atoms with Gasteiger partial charge in [-0.3, -0.25) is 4.68 Å². The zero-order valence-electron chi connectivity index (χ0n) is 12.5.